The molecule has 0 unspecified atom stereocenters. The summed E-state index contributed by atoms with van der Waals surface area (Å²) in [6.45, 7) is 5.16. The van der Waals surface area contributed by atoms with Gasteiger partial charge in [0.05, 0.1) is 18.8 Å². The lowest BCUT2D eigenvalue weighted by atomic mass is 9.85. The third-order valence-corrected chi connectivity index (χ3v) is 4.46. The first-order chi connectivity index (χ1) is 11.1. The topological polar surface area (TPSA) is 69.9 Å². The van der Waals surface area contributed by atoms with Crippen LogP contribution in [0.4, 0.5) is 0 Å². The molecule has 0 amide bonds. The highest BCUT2D eigenvalue weighted by Gasteiger charge is 2.26. The molecule has 4 atom stereocenters. The molecule has 0 aromatic heterocycles. The molecule has 1 aromatic rings. The number of hydrogen-bond acceptors (Lipinski definition) is 4. The van der Waals surface area contributed by atoms with E-state index in [1.54, 1.807) is 0 Å². The van der Waals surface area contributed by atoms with Crippen molar-refractivity contribution >= 4 is 0 Å². The zero-order valence-corrected chi connectivity index (χ0v) is 14.4. The second-order valence-electron chi connectivity index (χ2n) is 6.44. The van der Waals surface area contributed by atoms with Crippen LogP contribution in [0.1, 0.15) is 45.1 Å². The van der Waals surface area contributed by atoms with E-state index >= 15 is 0 Å². The van der Waals surface area contributed by atoms with Gasteiger partial charge in [-0.1, -0.05) is 50.6 Å². The molecule has 0 bridgehead atoms. The van der Waals surface area contributed by atoms with Crippen LogP contribution in [-0.4, -0.2) is 40.7 Å². The number of benzene rings is 1. The van der Waals surface area contributed by atoms with E-state index in [2.05, 4.69) is 12.1 Å². The Labute approximate surface area is 140 Å². The Hall–Kier alpha value is -0.940. The van der Waals surface area contributed by atoms with E-state index in [0.29, 0.717) is 13.0 Å². The van der Waals surface area contributed by atoms with Crippen LogP contribution in [-0.2, 0) is 11.3 Å². The molecule has 23 heavy (non-hydrogen) atoms. The Kier molecular flexibility index (Phi) is 10.1. The van der Waals surface area contributed by atoms with E-state index in [9.17, 15) is 10.2 Å². The fraction of sp³-hybridized carbons (Fsp3) is 0.684. The molecule has 1 rings (SSSR count). The minimum atomic E-state index is -0.647. The van der Waals surface area contributed by atoms with Gasteiger partial charge in [0.15, 0.2) is 0 Å². The van der Waals surface area contributed by atoms with Gasteiger partial charge in [0.1, 0.15) is 0 Å². The number of aliphatic hydroxyl groups excluding tert-OH is 3. The summed E-state index contributed by atoms with van der Waals surface area (Å²) in [6, 6.07) is 10.1. The van der Waals surface area contributed by atoms with Crippen molar-refractivity contribution in [2.75, 3.05) is 13.2 Å². The van der Waals surface area contributed by atoms with Gasteiger partial charge in [-0.2, -0.15) is 0 Å². The highest BCUT2D eigenvalue weighted by atomic mass is 16.5. The fourth-order valence-electron chi connectivity index (χ4n) is 2.75. The fourth-order valence-corrected chi connectivity index (χ4v) is 2.75. The van der Waals surface area contributed by atoms with Gasteiger partial charge in [-0.3, -0.25) is 0 Å². The zero-order chi connectivity index (χ0) is 17.1. The molecular weight excluding hydrogens is 292 g/mol. The van der Waals surface area contributed by atoms with Crippen molar-refractivity contribution in [2.24, 2.45) is 11.8 Å². The molecule has 0 radical (unpaired) electrons. The molecule has 4 heteroatoms. The number of rotatable bonds is 12. The van der Waals surface area contributed by atoms with Crippen molar-refractivity contribution in [3.05, 3.63) is 35.9 Å². The monoisotopic (exact) mass is 324 g/mol. The highest BCUT2D eigenvalue weighted by Crippen LogP contribution is 2.22. The van der Waals surface area contributed by atoms with E-state index in [1.165, 1.54) is 5.56 Å². The highest BCUT2D eigenvalue weighted by molar-refractivity contribution is 5.13. The largest absolute Gasteiger partial charge is 0.396 e. The van der Waals surface area contributed by atoms with Crippen molar-refractivity contribution in [1.29, 1.82) is 0 Å². The SMILES string of the molecule is C[C@H]([C@@H](O)[C@H](C)CCCCOCc1ccccc1)[C@@H](O)CCO. The Balaban J connectivity index is 2.12. The number of ether oxygens (including phenoxy) is 1. The Morgan fingerprint density at radius 2 is 1.70 bits per heavy atom. The first-order valence-electron chi connectivity index (χ1n) is 8.65. The van der Waals surface area contributed by atoms with E-state index < -0.39 is 12.2 Å². The van der Waals surface area contributed by atoms with Crippen LogP contribution in [0.3, 0.4) is 0 Å². The van der Waals surface area contributed by atoms with Crippen molar-refractivity contribution in [3.8, 4) is 0 Å². The van der Waals surface area contributed by atoms with Crippen molar-refractivity contribution in [3.63, 3.8) is 0 Å². The summed E-state index contributed by atoms with van der Waals surface area (Å²) in [5, 5.41) is 29.0. The van der Waals surface area contributed by atoms with Crippen molar-refractivity contribution in [1.82, 2.24) is 0 Å². The predicted molar refractivity (Wildman–Crippen MR) is 92.0 cm³/mol. The first-order valence-corrected chi connectivity index (χ1v) is 8.65. The molecule has 0 heterocycles. The molecule has 0 aliphatic heterocycles. The van der Waals surface area contributed by atoms with Gasteiger partial charge in [0, 0.05) is 19.1 Å². The molecule has 132 valence electrons. The molecule has 0 saturated heterocycles. The van der Waals surface area contributed by atoms with E-state index in [0.717, 1.165) is 25.9 Å². The summed E-state index contributed by atoms with van der Waals surface area (Å²) in [6.07, 6.45) is 2.01. The average Bonchev–Trinajstić information content (AvgIpc) is 2.57. The summed E-state index contributed by atoms with van der Waals surface area (Å²) in [5.74, 6) is -0.0843. The predicted octanol–water partition coefficient (Wildman–Crippen LogP) is 2.75. The van der Waals surface area contributed by atoms with E-state index in [1.807, 2.05) is 32.0 Å². The molecule has 1 aromatic carbocycles. The van der Waals surface area contributed by atoms with Crippen LogP contribution in [0, 0.1) is 11.8 Å². The Morgan fingerprint density at radius 1 is 1.00 bits per heavy atom. The van der Waals surface area contributed by atoms with Gasteiger partial charge in [-0.15, -0.1) is 0 Å². The first kappa shape index (κ1) is 20.1. The molecular formula is C19H32O4. The number of unbranched alkanes of at least 4 members (excludes halogenated alkanes) is 1. The summed E-state index contributed by atoms with van der Waals surface area (Å²) in [7, 11) is 0. The van der Waals surface area contributed by atoms with Crippen LogP contribution in [0.25, 0.3) is 0 Å². The minimum absolute atomic E-state index is 0.0502. The van der Waals surface area contributed by atoms with Gasteiger partial charge in [-0.25, -0.2) is 0 Å². The molecule has 0 fully saturated rings. The zero-order valence-electron chi connectivity index (χ0n) is 14.4. The minimum Gasteiger partial charge on any atom is -0.396 e. The van der Waals surface area contributed by atoms with Gasteiger partial charge in [-0.05, 0) is 30.7 Å². The maximum Gasteiger partial charge on any atom is 0.0716 e. The smallest absolute Gasteiger partial charge is 0.0716 e. The second kappa shape index (κ2) is 11.6. The summed E-state index contributed by atoms with van der Waals surface area (Å²) >= 11 is 0. The molecule has 0 aliphatic rings. The normalized spacial score (nSPS) is 16.7. The Morgan fingerprint density at radius 3 is 2.35 bits per heavy atom. The molecule has 0 saturated carbocycles. The molecule has 3 N–H and O–H groups in total. The maximum absolute atomic E-state index is 10.3. The molecule has 4 nitrogen and oxygen atoms in total. The quantitative estimate of drug-likeness (QED) is 0.517. The maximum atomic E-state index is 10.3. The van der Waals surface area contributed by atoms with Crippen LogP contribution in [0.5, 0.6) is 0 Å². The van der Waals surface area contributed by atoms with Crippen molar-refractivity contribution < 1.29 is 20.1 Å². The van der Waals surface area contributed by atoms with Gasteiger partial charge in [0.25, 0.3) is 0 Å². The van der Waals surface area contributed by atoms with E-state index in [4.69, 9.17) is 9.84 Å². The van der Waals surface area contributed by atoms with Gasteiger partial charge < -0.3 is 20.1 Å². The van der Waals surface area contributed by atoms with E-state index in [-0.39, 0.29) is 18.4 Å². The lowest BCUT2D eigenvalue weighted by Crippen LogP contribution is -2.34. The summed E-state index contributed by atoms with van der Waals surface area (Å²) < 4.78 is 5.65. The number of hydrogen-bond donors (Lipinski definition) is 3. The average molecular weight is 324 g/mol. The van der Waals surface area contributed by atoms with Crippen LogP contribution < -0.4 is 0 Å². The standard InChI is InChI=1S/C19H32O4/c1-15(19(22)16(2)18(21)11-12-20)8-6-7-13-23-14-17-9-4-3-5-10-17/h3-5,9-10,15-16,18-22H,6-8,11-14H2,1-2H3/t15-,16+,18+,19+/m1/s1. The number of aliphatic hydroxyl groups is 3. The third kappa shape index (κ3) is 7.93. The van der Waals surface area contributed by atoms with Crippen LogP contribution >= 0.6 is 0 Å². The van der Waals surface area contributed by atoms with Gasteiger partial charge >= 0.3 is 0 Å². The second-order valence-corrected chi connectivity index (χ2v) is 6.44. The Bertz CT molecular complexity index is 396. The lowest BCUT2D eigenvalue weighted by Gasteiger charge is -2.28. The van der Waals surface area contributed by atoms with Gasteiger partial charge in [0.2, 0.25) is 0 Å². The van der Waals surface area contributed by atoms with Crippen LogP contribution in [0.2, 0.25) is 0 Å². The van der Waals surface area contributed by atoms with Crippen LogP contribution in [0.15, 0.2) is 30.3 Å². The van der Waals surface area contributed by atoms with Crippen molar-refractivity contribution in [2.45, 2.75) is 58.3 Å². The summed E-state index contributed by atoms with van der Waals surface area (Å²) in [4.78, 5) is 0. The summed E-state index contributed by atoms with van der Waals surface area (Å²) in [5.41, 5.74) is 1.18. The molecule has 0 spiro atoms. The third-order valence-electron chi connectivity index (χ3n) is 4.46. The molecule has 0 aliphatic carbocycles. The lowest BCUT2D eigenvalue weighted by molar-refractivity contribution is -0.0173.